The lowest BCUT2D eigenvalue weighted by atomic mass is 10.1. The maximum Gasteiger partial charge on any atom is 0.620 e. The quantitative estimate of drug-likeness (QED) is 0.123. The molecule has 49 heavy (non-hydrogen) atoms. The van der Waals surface area contributed by atoms with Gasteiger partial charge < -0.3 is 39.4 Å². The summed E-state index contributed by atoms with van der Waals surface area (Å²) in [5.74, 6) is -13.7. The van der Waals surface area contributed by atoms with E-state index in [-0.39, 0.29) is 0 Å². The lowest BCUT2D eigenvalue weighted by molar-refractivity contribution is -0.413. The van der Waals surface area contributed by atoms with Crippen molar-refractivity contribution in [2.24, 2.45) is 0 Å². The summed E-state index contributed by atoms with van der Waals surface area (Å²) >= 11 is 0. The van der Waals surface area contributed by atoms with Crippen LogP contribution in [0.25, 0.3) is 0 Å². The maximum absolute atomic E-state index is 13.5. The van der Waals surface area contributed by atoms with Crippen LogP contribution in [-0.4, -0.2) is 74.3 Å². The Labute approximate surface area is 273 Å². The second kappa shape index (κ2) is 14.4. The number of hydrogen-bond acceptors (Lipinski definition) is 12. The summed E-state index contributed by atoms with van der Waals surface area (Å²) in [5, 5.41) is 38.4. The fourth-order valence-corrected chi connectivity index (χ4v) is 4.19. The Bertz CT molecular complexity index is 1740. The molecule has 0 aliphatic carbocycles. The summed E-state index contributed by atoms with van der Waals surface area (Å²) in [4.78, 5) is 102. The molecule has 4 N–H and O–H groups in total. The summed E-state index contributed by atoms with van der Waals surface area (Å²) in [5.41, 5.74) is -5.89. The van der Waals surface area contributed by atoms with E-state index in [1.807, 2.05) is 0 Å². The molecule has 0 unspecified atom stereocenters. The van der Waals surface area contributed by atoms with Gasteiger partial charge in [0.25, 0.3) is 0 Å². The monoisotopic (exact) mass is 672 g/mol. The van der Waals surface area contributed by atoms with Crippen molar-refractivity contribution in [1.29, 1.82) is 0 Å². The lowest BCUT2D eigenvalue weighted by Crippen LogP contribution is -2.49. The first kappa shape index (κ1) is 34.5. The van der Waals surface area contributed by atoms with Crippen molar-refractivity contribution in [1.82, 2.24) is 0 Å². The van der Waals surface area contributed by atoms with E-state index < -0.39 is 98.4 Å². The Balaban J connectivity index is 1.95. The number of esters is 4. The highest BCUT2D eigenvalue weighted by Crippen LogP contribution is 2.28. The smallest absolute Gasteiger partial charge is 0.478 e. The van der Waals surface area contributed by atoms with Gasteiger partial charge in [-0.1, -0.05) is 48.5 Å². The van der Waals surface area contributed by atoms with E-state index in [1.165, 1.54) is 48.5 Å². The zero-order valence-electron chi connectivity index (χ0n) is 24.4. The minimum atomic E-state index is -4.04. The minimum Gasteiger partial charge on any atom is -0.478 e. The summed E-state index contributed by atoms with van der Waals surface area (Å²) < 4.78 is 20.5. The molecular weight excluding hydrogens is 652 g/mol. The van der Waals surface area contributed by atoms with Crippen LogP contribution in [-0.2, 0) is 18.9 Å². The van der Waals surface area contributed by atoms with Crippen LogP contribution in [0.2, 0.25) is 0 Å². The molecule has 0 aliphatic heterocycles. The molecule has 4 rings (SSSR count). The van der Waals surface area contributed by atoms with Crippen molar-refractivity contribution < 1.29 is 77.7 Å². The number of benzene rings is 4. The third-order valence-electron chi connectivity index (χ3n) is 6.38. The van der Waals surface area contributed by atoms with Gasteiger partial charge in [0.2, 0.25) is 0 Å². The molecule has 0 saturated carbocycles. The molecular formula is C33H20O16. The Morgan fingerprint density at radius 3 is 0.653 bits per heavy atom. The normalized spacial score (nSPS) is 10.6. The highest BCUT2D eigenvalue weighted by atomic mass is 17.0. The summed E-state index contributed by atoms with van der Waals surface area (Å²) in [6, 6.07) is 17.1. The van der Waals surface area contributed by atoms with Crippen LogP contribution < -0.4 is 0 Å². The Morgan fingerprint density at radius 2 is 0.490 bits per heavy atom. The van der Waals surface area contributed by atoms with Crippen LogP contribution in [0.3, 0.4) is 0 Å². The number of carboxylic acid groups (broad SMARTS) is 4. The van der Waals surface area contributed by atoms with Crippen molar-refractivity contribution in [2.45, 2.75) is 6.16 Å². The van der Waals surface area contributed by atoms with Crippen LogP contribution >= 0.6 is 0 Å². The van der Waals surface area contributed by atoms with Gasteiger partial charge in [0.05, 0.1) is 44.5 Å². The Hall–Kier alpha value is -7.36. The van der Waals surface area contributed by atoms with E-state index >= 15 is 0 Å². The molecule has 0 fully saturated rings. The number of carboxylic acids is 4. The third-order valence-corrected chi connectivity index (χ3v) is 6.38. The summed E-state index contributed by atoms with van der Waals surface area (Å²) in [7, 11) is 0. The average Bonchev–Trinajstić information content (AvgIpc) is 3.07. The van der Waals surface area contributed by atoms with Crippen LogP contribution in [0, 0.1) is 0 Å². The summed E-state index contributed by atoms with van der Waals surface area (Å²) in [6.45, 7) is 0. The van der Waals surface area contributed by atoms with E-state index in [2.05, 4.69) is 0 Å². The Morgan fingerprint density at radius 1 is 0.327 bits per heavy atom. The number of carbonyl (C=O) groups excluding carboxylic acids is 4. The molecule has 0 heterocycles. The molecule has 0 radical (unpaired) electrons. The van der Waals surface area contributed by atoms with E-state index in [4.69, 9.17) is 18.9 Å². The number of ether oxygens (including phenoxy) is 4. The number of aromatic carboxylic acids is 4. The molecule has 0 aliphatic rings. The van der Waals surface area contributed by atoms with Crippen molar-refractivity contribution in [3.63, 3.8) is 0 Å². The second-order valence-electron chi connectivity index (χ2n) is 9.46. The molecule has 248 valence electrons. The van der Waals surface area contributed by atoms with E-state index in [1.54, 1.807) is 0 Å². The SMILES string of the molecule is O=C(O)c1ccccc1C(=O)OC(OC(=O)c1ccccc1C(=O)O)(OC(=O)c1ccccc1C(=O)O)OC(=O)c1ccccc1C(=O)O. The van der Waals surface area contributed by atoms with Crippen LogP contribution in [0.4, 0.5) is 0 Å². The molecule has 0 saturated heterocycles. The van der Waals surface area contributed by atoms with Crippen molar-refractivity contribution >= 4 is 47.8 Å². The van der Waals surface area contributed by atoms with Gasteiger partial charge in [0.15, 0.2) is 0 Å². The highest BCUT2D eigenvalue weighted by molar-refractivity contribution is 6.06. The topological polar surface area (TPSA) is 254 Å². The van der Waals surface area contributed by atoms with Gasteiger partial charge in [0, 0.05) is 0 Å². The zero-order valence-corrected chi connectivity index (χ0v) is 24.4. The first-order valence-electron chi connectivity index (χ1n) is 13.5. The van der Waals surface area contributed by atoms with E-state index in [0.29, 0.717) is 0 Å². The number of hydrogen-bond donors (Lipinski definition) is 4. The van der Waals surface area contributed by atoms with Crippen molar-refractivity contribution in [3.05, 3.63) is 142 Å². The van der Waals surface area contributed by atoms with Crippen LogP contribution in [0.1, 0.15) is 82.9 Å². The first-order chi connectivity index (χ1) is 23.2. The van der Waals surface area contributed by atoms with Gasteiger partial charge in [-0.15, -0.1) is 0 Å². The maximum atomic E-state index is 13.5. The van der Waals surface area contributed by atoms with Crippen LogP contribution in [0.5, 0.6) is 0 Å². The Kier molecular flexibility index (Phi) is 10.1. The van der Waals surface area contributed by atoms with E-state index in [9.17, 15) is 58.8 Å². The molecule has 0 atom stereocenters. The zero-order chi connectivity index (χ0) is 35.9. The first-order valence-corrected chi connectivity index (χ1v) is 13.5. The van der Waals surface area contributed by atoms with Crippen molar-refractivity contribution in [3.8, 4) is 0 Å². The molecule has 4 aromatic rings. The molecule has 0 amide bonds. The molecule has 16 nitrogen and oxygen atoms in total. The van der Waals surface area contributed by atoms with Gasteiger partial charge in [-0.3, -0.25) is 0 Å². The number of rotatable bonds is 12. The standard InChI is InChI=1S/C33H20O16/c34-25(35)17-9-1-5-13-21(17)29(42)46-33(47-30(43)22-14-6-2-10-18(22)26(36)37,48-31(44)23-15-7-3-11-19(23)27(38)39)49-32(45)24-16-8-4-12-20(24)28(40)41/h1-16H,(H,34,35)(H,36,37)(H,38,39)(H,40,41). The highest BCUT2D eigenvalue weighted by Gasteiger charge is 2.52. The van der Waals surface area contributed by atoms with Gasteiger partial charge in [-0.2, -0.15) is 0 Å². The fraction of sp³-hybridized carbons (Fsp3) is 0.0303. The van der Waals surface area contributed by atoms with E-state index in [0.717, 1.165) is 48.5 Å². The molecule has 0 bridgehead atoms. The second-order valence-corrected chi connectivity index (χ2v) is 9.46. The lowest BCUT2D eigenvalue weighted by Gasteiger charge is -2.29. The van der Waals surface area contributed by atoms with Gasteiger partial charge in [-0.25, -0.2) is 38.4 Å². The molecule has 0 aromatic heterocycles. The predicted molar refractivity (Wildman–Crippen MR) is 158 cm³/mol. The van der Waals surface area contributed by atoms with Gasteiger partial charge in [-0.05, 0) is 48.5 Å². The largest absolute Gasteiger partial charge is 0.620 e. The van der Waals surface area contributed by atoms with Crippen LogP contribution in [0.15, 0.2) is 97.1 Å². The van der Waals surface area contributed by atoms with Crippen molar-refractivity contribution in [2.75, 3.05) is 0 Å². The van der Waals surface area contributed by atoms with Gasteiger partial charge >= 0.3 is 53.9 Å². The molecule has 16 heteroatoms. The molecule has 0 spiro atoms. The predicted octanol–water partition coefficient (Wildman–Crippen LogP) is 3.82. The summed E-state index contributed by atoms with van der Waals surface area (Å²) in [6.07, 6.45) is -4.04. The average molecular weight is 673 g/mol. The third kappa shape index (κ3) is 7.72. The van der Waals surface area contributed by atoms with Gasteiger partial charge in [0.1, 0.15) is 0 Å². The fourth-order valence-electron chi connectivity index (χ4n) is 4.19. The number of carbonyl (C=O) groups is 8. The molecule has 4 aromatic carbocycles. The minimum absolute atomic E-state index is 0.700.